The van der Waals surface area contributed by atoms with Gasteiger partial charge in [0.1, 0.15) is 0 Å². The fourth-order valence-corrected chi connectivity index (χ4v) is 0.795. The molecule has 0 aliphatic heterocycles. The minimum atomic E-state index is 1.28. The molecule has 0 aromatic carbocycles. The number of aromatic amines is 1. The van der Waals surface area contributed by atoms with E-state index in [9.17, 15) is 0 Å². The van der Waals surface area contributed by atoms with Crippen molar-refractivity contribution in [1.29, 1.82) is 0 Å². The summed E-state index contributed by atoms with van der Waals surface area (Å²) in [6.07, 6.45) is 6.38. The Bertz CT molecular complexity index is 163. The van der Waals surface area contributed by atoms with Gasteiger partial charge in [0.15, 0.2) is 0 Å². The van der Waals surface area contributed by atoms with Gasteiger partial charge in [0, 0.05) is 12.1 Å². The van der Waals surface area contributed by atoms with Gasteiger partial charge in [0.25, 0.3) is 0 Å². The van der Waals surface area contributed by atoms with Gasteiger partial charge in [-0.3, -0.25) is 5.10 Å². The predicted molar refractivity (Wildman–Crippen MR) is 30.2 cm³/mol. The molecule has 41 valence electrons. The van der Waals surface area contributed by atoms with E-state index in [1.807, 2.05) is 12.4 Å². The van der Waals surface area contributed by atoms with Crippen molar-refractivity contribution in [2.45, 2.75) is 12.8 Å². The van der Waals surface area contributed by atoms with Crippen molar-refractivity contribution >= 4 is 0 Å². The minimum absolute atomic E-state index is 1.28. The lowest BCUT2D eigenvalue weighted by atomic mass is 10.2. The maximum Gasteiger partial charge on any atom is 0.0525 e. The van der Waals surface area contributed by atoms with Crippen molar-refractivity contribution in [3.63, 3.8) is 0 Å². The topological polar surface area (TPSA) is 28.7 Å². The fourth-order valence-electron chi connectivity index (χ4n) is 0.795. The Hall–Kier alpha value is -0.790. The second kappa shape index (κ2) is 1.34. The van der Waals surface area contributed by atoms with Crippen LogP contribution in [0.2, 0.25) is 0 Å². The Morgan fingerprint density at radius 3 is 2.88 bits per heavy atom. The van der Waals surface area contributed by atoms with Crippen molar-refractivity contribution in [1.82, 2.24) is 10.2 Å². The van der Waals surface area contributed by atoms with E-state index in [0.29, 0.717) is 0 Å². The largest absolute Gasteiger partial charge is 0.285 e. The zero-order valence-electron chi connectivity index (χ0n) is 4.52. The van der Waals surface area contributed by atoms with E-state index in [4.69, 9.17) is 0 Å². The normalized spacial score (nSPS) is 19.0. The van der Waals surface area contributed by atoms with Gasteiger partial charge < -0.3 is 0 Å². The van der Waals surface area contributed by atoms with Crippen LogP contribution in [0.4, 0.5) is 0 Å². The first kappa shape index (κ1) is 4.13. The molecule has 1 saturated carbocycles. The Morgan fingerprint density at radius 1 is 1.50 bits per heavy atom. The van der Waals surface area contributed by atoms with Crippen molar-refractivity contribution < 1.29 is 0 Å². The molecule has 2 nitrogen and oxygen atoms in total. The van der Waals surface area contributed by atoms with Crippen LogP contribution in [0, 0.1) is 5.92 Å². The Morgan fingerprint density at radius 2 is 2.38 bits per heavy atom. The molecule has 2 heteroatoms. The Kier molecular flexibility index (Phi) is 0.692. The third kappa shape index (κ3) is 0.529. The van der Waals surface area contributed by atoms with E-state index in [1.165, 1.54) is 18.4 Å². The van der Waals surface area contributed by atoms with E-state index in [2.05, 4.69) is 10.2 Å². The van der Waals surface area contributed by atoms with E-state index >= 15 is 0 Å². The second-order valence-electron chi connectivity index (χ2n) is 2.09. The molecule has 0 saturated heterocycles. The van der Waals surface area contributed by atoms with Crippen LogP contribution in [0.5, 0.6) is 0 Å². The molecule has 2 rings (SSSR count). The third-order valence-electron chi connectivity index (χ3n) is 1.41. The summed E-state index contributed by atoms with van der Waals surface area (Å²) >= 11 is 0. The molecule has 1 radical (unpaired) electrons. The molecule has 1 heterocycles. The highest BCUT2D eigenvalue weighted by Crippen LogP contribution is 2.37. The summed E-state index contributed by atoms with van der Waals surface area (Å²) in [7, 11) is 0. The van der Waals surface area contributed by atoms with Crippen LogP contribution >= 0.6 is 0 Å². The number of rotatable bonds is 1. The zero-order chi connectivity index (χ0) is 5.40. The van der Waals surface area contributed by atoms with Crippen LogP contribution in [0.1, 0.15) is 18.4 Å². The standard InChI is InChI=1S/C6H7N2/c1-2-5(1)6-3-7-8-4-6/h3-4H,1-2H2,(H,7,8). The number of aromatic nitrogens is 2. The Labute approximate surface area is 47.9 Å². The summed E-state index contributed by atoms with van der Waals surface area (Å²) in [4.78, 5) is 0. The molecule has 1 aromatic rings. The molecule has 0 spiro atoms. The van der Waals surface area contributed by atoms with E-state index in [1.54, 1.807) is 5.92 Å². The van der Waals surface area contributed by atoms with Gasteiger partial charge in [-0.2, -0.15) is 5.10 Å². The van der Waals surface area contributed by atoms with Gasteiger partial charge in [-0.1, -0.05) is 0 Å². The summed E-state index contributed by atoms with van der Waals surface area (Å²) in [5.74, 6) is 1.54. The third-order valence-corrected chi connectivity index (χ3v) is 1.41. The number of hydrogen-bond donors (Lipinski definition) is 1. The second-order valence-corrected chi connectivity index (χ2v) is 2.09. The van der Waals surface area contributed by atoms with Gasteiger partial charge >= 0.3 is 0 Å². The zero-order valence-corrected chi connectivity index (χ0v) is 4.52. The maximum atomic E-state index is 3.84. The summed E-state index contributed by atoms with van der Waals surface area (Å²) in [5, 5.41) is 6.62. The van der Waals surface area contributed by atoms with Crippen LogP contribution < -0.4 is 0 Å². The van der Waals surface area contributed by atoms with Gasteiger partial charge in [0.2, 0.25) is 0 Å². The highest BCUT2D eigenvalue weighted by atomic mass is 15.1. The number of H-pyrrole nitrogens is 1. The van der Waals surface area contributed by atoms with Crippen molar-refractivity contribution in [3.8, 4) is 0 Å². The van der Waals surface area contributed by atoms with Crippen LogP contribution in [0.3, 0.4) is 0 Å². The first-order valence-corrected chi connectivity index (χ1v) is 2.80. The number of hydrogen-bond acceptors (Lipinski definition) is 1. The smallest absolute Gasteiger partial charge is 0.0525 e. The molecule has 0 unspecified atom stereocenters. The SMILES string of the molecule is c1n[nH]cc1[C]1CC1. The molecule has 1 fully saturated rings. The number of nitrogens with zero attached hydrogens (tertiary/aromatic N) is 1. The monoisotopic (exact) mass is 107 g/mol. The van der Waals surface area contributed by atoms with Crippen molar-refractivity contribution in [2.75, 3.05) is 0 Å². The highest BCUT2D eigenvalue weighted by molar-refractivity contribution is 5.33. The van der Waals surface area contributed by atoms with Crippen molar-refractivity contribution in [3.05, 3.63) is 23.9 Å². The molecule has 1 aromatic heterocycles. The lowest BCUT2D eigenvalue weighted by Gasteiger charge is -1.79. The quantitative estimate of drug-likeness (QED) is 0.572. The maximum absolute atomic E-state index is 3.84. The van der Waals surface area contributed by atoms with Gasteiger partial charge in [-0.25, -0.2) is 0 Å². The van der Waals surface area contributed by atoms with Crippen LogP contribution in [0.25, 0.3) is 0 Å². The van der Waals surface area contributed by atoms with E-state index in [-0.39, 0.29) is 0 Å². The average Bonchev–Trinajstić information content (AvgIpc) is 2.49. The Balaban J connectivity index is 2.28. The molecule has 0 bridgehead atoms. The molecule has 1 aliphatic rings. The van der Waals surface area contributed by atoms with E-state index < -0.39 is 0 Å². The highest BCUT2D eigenvalue weighted by Gasteiger charge is 2.24. The molecule has 1 aliphatic carbocycles. The lowest BCUT2D eigenvalue weighted by molar-refractivity contribution is 1.09. The van der Waals surface area contributed by atoms with Gasteiger partial charge in [-0.15, -0.1) is 0 Å². The molecular formula is C6H7N2. The minimum Gasteiger partial charge on any atom is -0.285 e. The predicted octanol–water partition coefficient (Wildman–Crippen LogP) is 1.13. The first-order chi connectivity index (χ1) is 3.97. The fraction of sp³-hybridized carbons (Fsp3) is 0.333. The average molecular weight is 107 g/mol. The van der Waals surface area contributed by atoms with Gasteiger partial charge in [0.05, 0.1) is 6.20 Å². The molecule has 1 N–H and O–H groups in total. The molecule has 0 amide bonds. The van der Waals surface area contributed by atoms with Crippen LogP contribution in [-0.2, 0) is 0 Å². The van der Waals surface area contributed by atoms with E-state index in [0.717, 1.165) is 0 Å². The first-order valence-electron chi connectivity index (χ1n) is 2.80. The summed E-state index contributed by atoms with van der Waals surface area (Å²) in [6.45, 7) is 0. The molecule has 8 heavy (non-hydrogen) atoms. The van der Waals surface area contributed by atoms with Crippen LogP contribution in [0.15, 0.2) is 12.4 Å². The summed E-state index contributed by atoms with van der Waals surface area (Å²) in [5.41, 5.74) is 1.30. The molecular weight excluding hydrogens is 100 g/mol. The van der Waals surface area contributed by atoms with Gasteiger partial charge in [-0.05, 0) is 18.4 Å². The van der Waals surface area contributed by atoms with Crippen molar-refractivity contribution in [2.24, 2.45) is 0 Å². The summed E-state index contributed by atoms with van der Waals surface area (Å²) < 4.78 is 0. The molecule has 0 atom stereocenters. The lowest BCUT2D eigenvalue weighted by Crippen LogP contribution is -1.68. The van der Waals surface area contributed by atoms with Crippen LogP contribution in [-0.4, -0.2) is 10.2 Å². The number of nitrogens with one attached hydrogen (secondary N) is 1. The summed E-state index contributed by atoms with van der Waals surface area (Å²) in [6, 6.07) is 0.